The monoisotopic (exact) mass is 394 g/mol. The van der Waals surface area contributed by atoms with Gasteiger partial charge < -0.3 is 4.90 Å². The fraction of sp³-hybridized carbons (Fsp3) is 0.0714. The lowest BCUT2D eigenvalue weighted by Crippen LogP contribution is -2.29. The van der Waals surface area contributed by atoms with Gasteiger partial charge in [0.25, 0.3) is 11.7 Å². The van der Waals surface area contributed by atoms with Crippen molar-refractivity contribution in [2.75, 3.05) is 4.90 Å². The summed E-state index contributed by atoms with van der Waals surface area (Å²) in [5.74, 6) is -0.984. The SMILES string of the molecule is O=C1C(=O)N(Cc2cncc(Br)c2)c2cccc(Br)c21. The Kier molecular flexibility index (Phi) is 3.43. The summed E-state index contributed by atoms with van der Waals surface area (Å²) >= 11 is 6.66. The van der Waals surface area contributed by atoms with Gasteiger partial charge in [-0.25, -0.2) is 0 Å². The minimum Gasteiger partial charge on any atom is -0.300 e. The summed E-state index contributed by atoms with van der Waals surface area (Å²) in [5.41, 5.74) is 1.92. The Hall–Kier alpha value is -1.53. The predicted molar refractivity (Wildman–Crippen MR) is 81.6 cm³/mol. The van der Waals surface area contributed by atoms with Crippen LogP contribution in [0.1, 0.15) is 15.9 Å². The van der Waals surface area contributed by atoms with E-state index in [0.29, 0.717) is 22.3 Å². The number of ketones is 1. The van der Waals surface area contributed by atoms with E-state index in [1.165, 1.54) is 4.90 Å². The van der Waals surface area contributed by atoms with E-state index in [2.05, 4.69) is 36.8 Å². The van der Waals surface area contributed by atoms with Crippen LogP contribution in [0.15, 0.2) is 45.6 Å². The zero-order chi connectivity index (χ0) is 14.3. The number of carbonyl (C=O) groups excluding carboxylic acids is 2. The molecule has 0 fully saturated rings. The fourth-order valence-corrected chi connectivity index (χ4v) is 3.13. The van der Waals surface area contributed by atoms with Crippen LogP contribution in [0.25, 0.3) is 0 Å². The van der Waals surface area contributed by atoms with Crippen LogP contribution >= 0.6 is 31.9 Å². The summed E-state index contributed by atoms with van der Waals surface area (Å²) < 4.78 is 1.48. The number of anilines is 1. The van der Waals surface area contributed by atoms with Crippen LogP contribution in [-0.4, -0.2) is 16.7 Å². The number of amides is 1. The molecule has 0 aliphatic carbocycles. The second kappa shape index (κ2) is 5.10. The predicted octanol–water partition coefficient (Wildman–Crippen LogP) is 3.34. The van der Waals surface area contributed by atoms with E-state index in [1.54, 1.807) is 30.6 Å². The quantitative estimate of drug-likeness (QED) is 0.732. The molecule has 0 spiro atoms. The smallest absolute Gasteiger partial charge is 0.299 e. The van der Waals surface area contributed by atoms with Gasteiger partial charge in [-0.2, -0.15) is 0 Å². The van der Waals surface area contributed by atoms with E-state index in [1.807, 2.05) is 6.07 Å². The number of rotatable bonds is 2. The first-order valence-corrected chi connectivity index (χ1v) is 7.40. The summed E-state index contributed by atoms with van der Waals surface area (Å²) in [6.45, 7) is 0.320. The zero-order valence-corrected chi connectivity index (χ0v) is 13.3. The Labute approximate surface area is 132 Å². The van der Waals surface area contributed by atoms with Crippen molar-refractivity contribution in [3.8, 4) is 0 Å². The van der Waals surface area contributed by atoms with Gasteiger partial charge in [-0.05, 0) is 55.6 Å². The molecule has 0 unspecified atom stereocenters. The van der Waals surface area contributed by atoms with E-state index in [-0.39, 0.29) is 0 Å². The number of nitrogens with zero attached hydrogens (tertiary/aromatic N) is 2. The van der Waals surface area contributed by atoms with Gasteiger partial charge >= 0.3 is 0 Å². The van der Waals surface area contributed by atoms with Crippen LogP contribution in [0.4, 0.5) is 5.69 Å². The summed E-state index contributed by atoms with van der Waals surface area (Å²) in [4.78, 5) is 29.7. The molecule has 2 heterocycles. The van der Waals surface area contributed by atoms with E-state index >= 15 is 0 Å². The van der Waals surface area contributed by atoms with Crippen LogP contribution in [0.2, 0.25) is 0 Å². The zero-order valence-electron chi connectivity index (χ0n) is 10.1. The van der Waals surface area contributed by atoms with Gasteiger partial charge in [-0.1, -0.05) is 6.07 Å². The van der Waals surface area contributed by atoms with Crippen LogP contribution in [0.5, 0.6) is 0 Å². The Bertz CT molecular complexity index is 731. The molecule has 1 amide bonds. The highest BCUT2D eigenvalue weighted by molar-refractivity contribution is 9.10. The highest BCUT2D eigenvalue weighted by Crippen LogP contribution is 2.35. The molecule has 0 atom stereocenters. The van der Waals surface area contributed by atoms with Crippen LogP contribution in [0.3, 0.4) is 0 Å². The topological polar surface area (TPSA) is 50.3 Å². The number of carbonyl (C=O) groups is 2. The van der Waals surface area contributed by atoms with Gasteiger partial charge in [0.1, 0.15) is 0 Å². The molecule has 0 saturated carbocycles. The van der Waals surface area contributed by atoms with Gasteiger partial charge in [0, 0.05) is 21.3 Å². The van der Waals surface area contributed by atoms with Crippen molar-refractivity contribution >= 4 is 49.2 Å². The minimum atomic E-state index is -0.508. The maximum Gasteiger partial charge on any atom is 0.299 e. The first kappa shape index (κ1) is 13.5. The van der Waals surface area contributed by atoms with Gasteiger partial charge in [0.2, 0.25) is 0 Å². The van der Waals surface area contributed by atoms with Gasteiger partial charge in [0.05, 0.1) is 17.8 Å². The summed E-state index contributed by atoms with van der Waals surface area (Å²) in [7, 11) is 0. The molecule has 1 aliphatic rings. The van der Waals surface area contributed by atoms with Gasteiger partial charge in [0.15, 0.2) is 0 Å². The third-order valence-electron chi connectivity index (χ3n) is 3.05. The van der Waals surface area contributed by atoms with Gasteiger partial charge in [-0.3, -0.25) is 14.6 Å². The minimum absolute atomic E-state index is 0.320. The van der Waals surface area contributed by atoms with Crippen molar-refractivity contribution in [2.45, 2.75) is 6.54 Å². The third-order valence-corrected chi connectivity index (χ3v) is 4.15. The normalized spacial score (nSPS) is 13.8. The molecule has 1 aromatic carbocycles. The summed E-state index contributed by atoms with van der Waals surface area (Å²) in [6.07, 6.45) is 3.35. The van der Waals surface area contributed by atoms with Gasteiger partial charge in [-0.15, -0.1) is 0 Å². The third kappa shape index (κ3) is 2.19. The molecule has 0 N–H and O–H groups in total. The first-order chi connectivity index (χ1) is 9.58. The number of pyridine rings is 1. The molecular formula is C14H8Br2N2O2. The molecule has 0 saturated heterocycles. The molecule has 6 heteroatoms. The maximum atomic E-state index is 12.1. The van der Waals surface area contributed by atoms with E-state index in [9.17, 15) is 9.59 Å². The molecule has 1 aromatic heterocycles. The number of fused-ring (bicyclic) bond motifs is 1. The van der Waals surface area contributed by atoms with Crippen molar-refractivity contribution in [1.29, 1.82) is 0 Å². The largest absolute Gasteiger partial charge is 0.300 e. The van der Waals surface area contributed by atoms with E-state index < -0.39 is 11.7 Å². The molecular weight excluding hydrogens is 388 g/mol. The van der Waals surface area contributed by atoms with Crippen molar-refractivity contribution in [3.05, 3.63) is 56.7 Å². The van der Waals surface area contributed by atoms with Crippen molar-refractivity contribution in [1.82, 2.24) is 4.98 Å². The van der Waals surface area contributed by atoms with Crippen molar-refractivity contribution < 1.29 is 9.59 Å². The van der Waals surface area contributed by atoms with E-state index in [0.717, 1.165) is 10.0 Å². The number of Topliss-reactive ketones (excluding diaryl/α,β-unsaturated/α-hetero) is 1. The van der Waals surface area contributed by atoms with Crippen molar-refractivity contribution in [3.63, 3.8) is 0 Å². The average Bonchev–Trinajstić information content (AvgIpc) is 2.65. The lowest BCUT2D eigenvalue weighted by Gasteiger charge is -2.16. The number of halogens is 2. The number of benzene rings is 1. The molecule has 0 bridgehead atoms. The molecule has 1 aliphatic heterocycles. The second-order valence-corrected chi connectivity index (χ2v) is 6.14. The average molecular weight is 396 g/mol. The number of hydrogen-bond acceptors (Lipinski definition) is 3. The lowest BCUT2D eigenvalue weighted by atomic mass is 10.1. The molecule has 100 valence electrons. The first-order valence-electron chi connectivity index (χ1n) is 5.82. The molecule has 3 rings (SSSR count). The number of aromatic nitrogens is 1. The Morgan fingerprint density at radius 1 is 1.15 bits per heavy atom. The van der Waals surface area contributed by atoms with Crippen LogP contribution in [-0.2, 0) is 11.3 Å². The number of hydrogen-bond donors (Lipinski definition) is 0. The maximum absolute atomic E-state index is 12.1. The summed E-state index contributed by atoms with van der Waals surface area (Å²) in [5, 5.41) is 0. The van der Waals surface area contributed by atoms with Crippen LogP contribution in [0, 0.1) is 0 Å². The highest BCUT2D eigenvalue weighted by Gasteiger charge is 2.37. The molecule has 4 nitrogen and oxygen atoms in total. The molecule has 2 aromatic rings. The Morgan fingerprint density at radius 3 is 2.70 bits per heavy atom. The molecule has 20 heavy (non-hydrogen) atoms. The Balaban J connectivity index is 2.02. The second-order valence-electron chi connectivity index (χ2n) is 4.37. The van der Waals surface area contributed by atoms with E-state index in [4.69, 9.17) is 0 Å². The van der Waals surface area contributed by atoms with Crippen molar-refractivity contribution in [2.24, 2.45) is 0 Å². The highest BCUT2D eigenvalue weighted by atomic mass is 79.9. The molecule has 0 radical (unpaired) electrons. The fourth-order valence-electron chi connectivity index (χ4n) is 2.18. The lowest BCUT2D eigenvalue weighted by molar-refractivity contribution is -0.114. The Morgan fingerprint density at radius 2 is 1.95 bits per heavy atom. The van der Waals surface area contributed by atoms with Crippen LogP contribution < -0.4 is 4.90 Å². The standard InChI is InChI=1S/C14H8Br2N2O2/c15-9-4-8(5-17-6-9)7-18-11-3-1-2-10(16)12(11)13(19)14(18)20/h1-6H,7H2. The summed E-state index contributed by atoms with van der Waals surface area (Å²) in [6, 6.07) is 7.21.